The standard InChI is InChI=1S/C26H31N5O/c1-18-6-4-7-19(14-18)16-31-13-5-8-22(17-31)24-23(15-28-26(29-24)30(2)3)20-9-11-21(12-10-20)25(27)32/h4,6-7,9-12,14-15,22H,5,8,13,16-17H2,1-3H3,(H2,27,32)/t22-/m0/s1. The smallest absolute Gasteiger partial charge is 0.248 e. The zero-order valence-electron chi connectivity index (χ0n) is 19.1. The molecule has 2 N–H and O–H groups in total. The zero-order chi connectivity index (χ0) is 22.7. The molecular formula is C26H31N5O. The van der Waals surface area contributed by atoms with Crippen molar-refractivity contribution in [2.75, 3.05) is 32.1 Å². The van der Waals surface area contributed by atoms with Gasteiger partial charge in [-0.1, -0.05) is 42.0 Å². The topological polar surface area (TPSA) is 75.3 Å². The first kappa shape index (κ1) is 22.0. The van der Waals surface area contributed by atoms with Gasteiger partial charge in [-0.3, -0.25) is 9.69 Å². The highest BCUT2D eigenvalue weighted by atomic mass is 16.1. The summed E-state index contributed by atoms with van der Waals surface area (Å²) in [4.78, 5) is 25.5. The molecule has 1 aromatic heterocycles. The number of piperidine rings is 1. The average molecular weight is 430 g/mol. The Labute approximate surface area is 190 Å². The number of hydrogen-bond donors (Lipinski definition) is 1. The number of primary amides is 1. The van der Waals surface area contributed by atoms with Crippen molar-refractivity contribution in [1.29, 1.82) is 0 Å². The van der Waals surface area contributed by atoms with E-state index < -0.39 is 5.91 Å². The first-order valence-electron chi connectivity index (χ1n) is 11.1. The molecule has 0 spiro atoms. The summed E-state index contributed by atoms with van der Waals surface area (Å²) in [6, 6.07) is 16.2. The van der Waals surface area contributed by atoms with Gasteiger partial charge in [0.25, 0.3) is 0 Å². The van der Waals surface area contributed by atoms with Gasteiger partial charge in [-0.15, -0.1) is 0 Å². The highest BCUT2D eigenvalue weighted by molar-refractivity contribution is 5.93. The van der Waals surface area contributed by atoms with E-state index in [-0.39, 0.29) is 0 Å². The van der Waals surface area contributed by atoms with Gasteiger partial charge < -0.3 is 10.6 Å². The minimum atomic E-state index is -0.421. The van der Waals surface area contributed by atoms with Gasteiger partial charge >= 0.3 is 0 Å². The molecule has 3 aromatic rings. The molecule has 6 heteroatoms. The number of nitrogens with two attached hydrogens (primary N) is 1. The summed E-state index contributed by atoms with van der Waals surface area (Å²) in [5.74, 6) is 0.615. The van der Waals surface area contributed by atoms with Gasteiger partial charge in [-0.05, 0) is 49.6 Å². The van der Waals surface area contributed by atoms with E-state index in [1.54, 1.807) is 12.1 Å². The van der Waals surface area contributed by atoms with Crippen molar-refractivity contribution in [3.63, 3.8) is 0 Å². The van der Waals surface area contributed by atoms with Crippen LogP contribution in [0.15, 0.2) is 54.7 Å². The number of carbonyl (C=O) groups is 1. The molecule has 0 radical (unpaired) electrons. The van der Waals surface area contributed by atoms with Crippen molar-refractivity contribution >= 4 is 11.9 Å². The molecule has 0 bridgehead atoms. The van der Waals surface area contributed by atoms with E-state index in [2.05, 4.69) is 41.1 Å². The van der Waals surface area contributed by atoms with E-state index in [1.807, 2.05) is 37.3 Å². The maximum atomic E-state index is 11.5. The molecule has 0 unspecified atom stereocenters. The van der Waals surface area contributed by atoms with E-state index in [1.165, 1.54) is 11.1 Å². The second kappa shape index (κ2) is 9.49. The summed E-state index contributed by atoms with van der Waals surface area (Å²) in [5, 5.41) is 0. The van der Waals surface area contributed by atoms with Crippen LogP contribution in [0.5, 0.6) is 0 Å². The first-order chi connectivity index (χ1) is 15.4. The second-order valence-corrected chi connectivity index (χ2v) is 8.87. The van der Waals surface area contributed by atoms with Crippen molar-refractivity contribution in [2.45, 2.75) is 32.2 Å². The summed E-state index contributed by atoms with van der Waals surface area (Å²) in [5.41, 5.74) is 11.7. The fraction of sp³-hybridized carbons (Fsp3) is 0.346. The fourth-order valence-electron chi connectivity index (χ4n) is 4.44. The third-order valence-corrected chi connectivity index (χ3v) is 6.07. The fourth-order valence-corrected chi connectivity index (χ4v) is 4.44. The van der Waals surface area contributed by atoms with Crippen LogP contribution >= 0.6 is 0 Å². The molecule has 1 amide bonds. The lowest BCUT2D eigenvalue weighted by molar-refractivity contribution is 0.100. The first-order valence-corrected chi connectivity index (χ1v) is 11.1. The molecule has 1 fully saturated rings. The van der Waals surface area contributed by atoms with Crippen LogP contribution in [-0.4, -0.2) is 48.0 Å². The van der Waals surface area contributed by atoms with Crippen LogP contribution in [0, 0.1) is 6.92 Å². The number of likely N-dealkylation sites (tertiary alicyclic amines) is 1. The molecule has 0 aliphatic carbocycles. The van der Waals surface area contributed by atoms with Gasteiger partial charge in [0.15, 0.2) is 0 Å². The highest BCUT2D eigenvalue weighted by Crippen LogP contribution is 2.34. The summed E-state index contributed by atoms with van der Waals surface area (Å²) in [6.07, 6.45) is 4.15. The minimum Gasteiger partial charge on any atom is -0.366 e. The summed E-state index contributed by atoms with van der Waals surface area (Å²) < 4.78 is 0. The van der Waals surface area contributed by atoms with Crippen molar-refractivity contribution in [2.24, 2.45) is 5.73 Å². The molecule has 32 heavy (non-hydrogen) atoms. The summed E-state index contributed by atoms with van der Waals surface area (Å²) in [6.45, 7) is 5.15. The molecule has 166 valence electrons. The molecular weight excluding hydrogens is 398 g/mol. The van der Waals surface area contributed by atoms with Crippen LogP contribution in [-0.2, 0) is 6.54 Å². The predicted molar refractivity (Wildman–Crippen MR) is 129 cm³/mol. The lowest BCUT2D eigenvalue weighted by Crippen LogP contribution is -2.34. The predicted octanol–water partition coefficient (Wildman–Crippen LogP) is 4.00. The molecule has 0 saturated carbocycles. The van der Waals surface area contributed by atoms with E-state index >= 15 is 0 Å². The SMILES string of the molecule is Cc1cccc(CN2CCC[C@H](c3nc(N(C)C)ncc3-c3ccc(C(N)=O)cc3)C2)c1. The molecule has 1 atom stereocenters. The lowest BCUT2D eigenvalue weighted by atomic mass is 9.89. The maximum absolute atomic E-state index is 11.5. The van der Waals surface area contributed by atoms with Gasteiger partial charge in [0.2, 0.25) is 11.9 Å². The van der Waals surface area contributed by atoms with Crippen molar-refractivity contribution in [3.05, 3.63) is 77.1 Å². The van der Waals surface area contributed by atoms with Crippen molar-refractivity contribution in [1.82, 2.24) is 14.9 Å². The number of aromatic nitrogens is 2. The molecule has 2 aromatic carbocycles. The van der Waals surface area contributed by atoms with Gasteiger partial charge in [0.05, 0.1) is 5.69 Å². The number of rotatable bonds is 6. The van der Waals surface area contributed by atoms with Gasteiger partial charge in [0.1, 0.15) is 0 Å². The Bertz CT molecular complexity index is 1090. The number of carbonyl (C=O) groups excluding carboxylic acids is 1. The maximum Gasteiger partial charge on any atom is 0.248 e. The van der Waals surface area contributed by atoms with Crippen LogP contribution < -0.4 is 10.6 Å². The van der Waals surface area contributed by atoms with Crippen LogP contribution in [0.4, 0.5) is 5.95 Å². The Morgan fingerprint density at radius 3 is 2.66 bits per heavy atom. The number of aryl methyl sites for hydroxylation is 1. The lowest BCUT2D eigenvalue weighted by Gasteiger charge is -2.33. The molecule has 4 rings (SSSR count). The van der Waals surface area contributed by atoms with E-state index in [0.29, 0.717) is 17.4 Å². The monoisotopic (exact) mass is 429 g/mol. The molecule has 1 aliphatic rings. The zero-order valence-corrected chi connectivity index (χ0v) is 19.1. The molecule has 6 nitrogen and oxygen atoms in total. The van der Waals surface area contributed by atoms with Crippen molar-refractivity contribution < 1.29 is 4.79 Å². The van der Waals surface area contributed by atoms with Gasteiger partial charge in [-0.25, -0.2) is 9.97 Å². The minimum absolute atomic E-state index is 0.320. The Kier molecular flexibility index (Phi) is 6.51. The van der Waals surface area contributed by atoms with Crippen LogP contribution in [0.25, 0.3) is 11.1 Å². The normalized spacial score (nSPS) is 16.7. The number of nitrogens with zero attached hydrogens (tertiary/aromatic N) is 4. The van der Waals surface area contributed by atoms with E-state index in [4.69, 9.17) is 10.7 Å². The number of hydrogen-bond acceptors (Lipinski definition) is 5. The van der Waals surface area contributed by atoms with Gasteiger partial charge in [0, 0.05) is 50.4 Å². The van der Waals surface area contributed by atoms with E-state index in [0.717, 1.165) is 49.3 Å². The average Bonchev–Trinajstić information content (AvgIpc) is 2.79. The third-order valence-electron chi connectivity index (χ3n) is 6.07. The third kappa shape index (κ3) is 4.97. The number of benzene rings is 2. The molecule has 1 aliphatic heterocycles. The Hall–Kier alpha value is -3.25. The molecule has 2 heterocycles. The molecule has 1 saturated heterocycles. The van der Waals surface area contributed by atoms with Crippen LogP contribution in [0.1, 0.15) is 45.9 Å². The van der Waals surface area contributed by atoms with Gasteiger partial charge in [-0.2, -0.15) is 0 Å². The Balaban J connectivity index is 1.64. The van der Waals surface area contributed by atoms with Crippen molar-refractivity contribution in [3.8, 4) is 11.1 Å². The van der Waals surface area contributed by atoms with Crippen LogP contribution in [0.2, 0.25) is 0 Å². The summed E-state index contributed by atoms with van der Waals surface area (Å²) in [7, 11) is 3.93. The second-order valence-electron chi connectivity index (χ2n) is 8.87. The Morgan fingerprint density at radius 1 is 1.19 bits per heavy atom. The number of anilines is 1. The highest BCUT2D eigenvalue weighted by Gasteiger charge is 2.26. The number of amides is 1. The summed E-state index contributed by atoms with van der Waals surface area (Å²) >= 11 is 0. The Morgan fingerprint density at radius 2 is 1.97 bits per heavy atom. The van der Waals surface area contributed by atoms with Crippen LogP contribution in [0.3, 0.4) is 0 Å². The quantitative estimate of drug-likeness (QED) is 0.641. The largest absolute Gasteiger partial charge is 0.366 e. The van der Waals surface area contributed by atoms with E-state index in [9.17, 15) is 4.79 Å².